The number of nitrogens with one attached hydrogen (secondary N) is 1. The molecule has 0 radical (unpaired) electrons. The first kappa shape index (κ1) is 15.9. The number of likely N-dealkylation sites (N-methyl/N-ethyl adjacent to an activating group) is 1. The van der Waals surface area contributed by atoms with Gasteiger partial charge in [0, 0.05) is 30.4 Å². The summed E-state index contributed by atoms with van der Waals surface area (Å²) in [6.07, 6.45) is 2.62. The Morgan fingerprint density at radius 2 is 2.22 bits per heavy atom. The van der Waals surface area contributed by atoms with E-state index in [1.807, 2.05) is 18.2 Å². The quantitative estimate of drug-likeness (QED) is 0.860. The second-order valence-corrected chi connectivity index (χ2v) is 7.15. The fourth-order valence-electron chi connectivity index (χ4n) is 2.27. The van der Waals surface area contributed by atoms with Crippen LogP contribution in [0.25, 0.3) is 11.4 Å². The fraction of sp³-hybridized carbons (Fsp3) is 0.333. The Labute approximate surface area is 142 Å². The zero-order chi connectivity index (χ0) is 16.2. The molecular weight excluding hydrogens is 332 g/mol. The van der Waals surface area contributed by atoms with Crippen LogP contribution < -0.4 is 5.32 Å². The van der Waals surface area contributed by atoms with Crippen molar-refractivity contribution in [1.29, 1.82) is 0 Å². The van der Waals surface area contributed by atoms with E-state index in [1.165, 1.54) is 16.2 Å². The maximum Gasteiger partial charge on any atom is 0.315 e. The maximum atomic E-state index is 12.2. The molecule has 1 unspecified atom stereocenters. The summed E-state index contributed by atoms with van der Waals surface area (Å²) in [7, 11) is 1.68. The summed E-state index contributed by atoms with van der Waals surface area (Å²) in [5, 5.41) is 4.79. The van der Waals surface area contributed by atoms with Gasteiger partial charge in [-0.2, -0.15) is 11.8 Å². The Morgan fingerprint density at radius 1 is 1.35 bits per heavy atom. The van der Waals surface area contributed by atoms with Gasteiger partial charge in [0.15, 0.2) is 5.13 Å². The molecule has 2 aromatic rings. The summed E-state index contributed by atoms with van der Waals surface area (Å²) >= 11 is 3.08. The zero-order valence-corrected chi connectivity index (χ0v) is 14.2. The average Bonchev–Trinajstić information content (AvgIpc) is 3.26. The van der Waals surface area contributed by atoms with Crippen LogP contribution in [0.15, 0.2) is 29.8 Å². The fourth-order valence-corrected chi connectivity index (χ4v) is 4.23. The minimum Gasteiger partial charge on any atom is -0.334 e. The standard InChI is InChI=1S/C15H16N4O2S2/c1-19(10-5-7-22-8-10)14(21)13(20)18-15-17-12(9-23-15)11-4-2-3-6-16-11/h2-4,6,9-10H,5,7-8H2,1H3,(H,17,18,20). The van der Waals surface area contributed by atoms with Gasteiger partial charge < -0.3 is 4.90 Å². The van der Waals surface area contributed by atoms with Crippen LogP contribution >= 0.6 is 23.1 Å². The van der Waals surface area contributed by atoms with Crippen LogP contribution in [-0.2, 0) is 9.59 Å². The van der Waals surface area contributed by atoms with Crippen LogP contribution in [0.4, 0.5) is 5.13 Å². The molecule has 0 spiro atoms. The van der Waals surface area contributed by atoms with Crippen molar-refractivity contribution in [2.24, 2.45) is 0 Å². The number of rotatable bonds is 3. The van der Waals surface area contributed by atoms with Crippen LogP contribution in [0.1, 0.15) is 6.42 Å². The molecule has 0 saturated carbocycles. The van der Waals surface area contributed by atoms with Gasteiger partial charge in [-0.15, -0.1) is 11.3 Å². The molecule has 120 valence electrons. The number of amides is 2. The number of carbonyl (C=O) groups is 2. The van der Waals surface area contributed by atoms with Crippen molar-refractivity contribution in [1.82, 2.24) is 14.9 Å². The molecule has 23 heavy (non-hydrogen) atoms. The third kappa shape index (κ3) is 3.70. The van der Waals surface area contributed by atoms with Gasteiger partial charge in [-0.3, -0.25) is 19.9 Å². The highest BCUT2D eigenvalue weighted by molar-refractivity contribution is 7.99. The minimum atomic E-state index is -0.647. The van der Waals surface area contributed by atoms with E-state index < -0.39 is 11.8 Å². The first-order chi connectivity index (χ1) is 11.1. The first-order valence-electron chi connectivity index (χ1n) is 7.18. The number of hydrogen-bond acceptors (Lipinski definition) is 6. The number of aromatic nitrogens is 2. The molecule has 3 rings (SSSR count). The SMILES string of the molecule is CN(C(=O)C(=O)Nc1nc(-c2ccccn2)cs1)C1CCSC1. The largest absolute Gasteiger partial charge is 0.334 e. The topological polar surface area (TPSA) is 75.2 Å². The number of nitrogens with zero attached hydrogens (tertiary/aromatic N) is 3. The smallest absolute Gasteiger partial charge is 0.315 e. The minimum absolute atomic E-state index is 0.138. The van der Waals surface area contributed by atoms with Crippen LogP contribution in [0.2, 0.25) is 0 Å². The molecule has 0 aromatic carbocycles. The maximum absolute atomic E-state index is 12.2. The lowest BCUT2D eigenvalue weighted by Gasteiger charge is -2.22. The van der Waals surface area contributed by atoms with E-state index in [9.17, 15) is 9.59 Å². The van der Waals surface area contributed by atoms with Crippen molar-refractivity contribution in [2.75, 3.05) is 23.9 Å². The summed E-state index contributed by atoms with van der Waals surface area (Å²) in [4.78, 5) is 34.3. The Kier molecular flexibility index (Phi) is 4.92. The van der Waals surface area contributed by atoms with Crippen LogP contribution in [-0.4, -0.2) is 51.3 Å². The van der Waals surface area contributed by atoms with E-state index in [0.29, 0.717) is 10.8 Å². The summed E-state index contributed by atoms with van der Waals surface area (Å²) in [6.45, 7) is 0. The van der Waals surface area contributed by atoms with Gasteiger partial charge in [-0.25, -0.2) is 4.98 Å². The second-order valence-electron chi connectivity index (χ2n) is 5.14. The van der Waals surface area contributed by atoms with Gasteiger partial charge in [0.25, 0.3) is 0 Å². The lowest BCUT2D eigenvalue weighted by molar-refractivity contribution is -0.143. The third-order valence-corrected chi connectivity index (χ3v) is 5.52. The van der Waals surface area contributed by atoms with Crippen molar-refractivity contribution >= 4 is 40.0 Å². The van der Waals surface area contributed by atoms with Crippen molar-refractivity contribution in [2.45, 2.75) is 12.5 Å². The number of anilines is 1. The summed E-state index contributed by atoms with van der Waals surface area (Å²) in [6, 6.07) is 5.68. The highest BCUT2D eigenvalue weighted by Gasteiger charge is 2.28. The van der Waals surface area contributed by atoms with Gasteiger partial charge in [0.1, 0.15) is 5.69 Å². The molecule has 1 atom stereocenters. The van der Waals surface area contributed by atoms with Crippen molar-refractivity contribution in [3.8, 4) is 11.4 Å². The summed E-state index contributed by atoms with van der Waals surface area (Å²) in [5.74, 6) is 0.749. The van der Waals surface area contributed by atoms with E-state index in [-0.39, 0.29) is 6.04 Å². The predicted molar refractivity (Wildman–Crippen MR) is 92.5 cm³/mol. The Hall–Kier alpha value is -1.93. The monoisotopic (exact) mass is 348 g/mol. The molecule has 1 saturated heterocycles. The first-order valence-corrected chi connectivity index (χ1v) is 9.21. The molecule has 8 heteroatoms. The van der Waals surface area contributed by atoms with E-state index in [0.717, 1.165) is 23.6 Å². The Bertz CT molecular complexity index is 699. The zero-order valence-electron chi connectivity index (χ0n) is 12.6. The normalized spacial score (nSPS) is 17.0. The molecule has 0 aliphatic carbocycles. The van der Waals surface area contributed by atoms with Gasteiger partial charge in [-0.05, 0) is 24.3 Å². The van der Waals surface area contributed by atoms with Crippen molar-refractivity contribution in [3.63, 3.8) is 0 Å². The van der Waals surface area contributed by atoms with Crippen LogP contribution in [0, 0.1) is 0 Å². The summed E-state index contributed by atoms with van der Waals surface area (Å²) < 4.78 is 0. The molecule has 2 aromatic heterocycles. The highest BCUT2D eigenvalue weighted by Crippen LogP contribution is 2.24. The molecule has 6 nitrogen and oxygen atoms in total. The number of carbonyl (C=O) groups excluding carboxylic acids is 2. The highest BCUT2D eigenvalue weighted by atomic mass is 32.2. The molecule has 0 bridgehead atoms. The van der Waals surface area contributed by atoms with Gasteiger partial charge >= 0.3 is 11.8 Å². The Balaban J connectivity index is 1.64. The molecule has 1 aliphatic heterocycles. The van der Waals surface area contributed by atoms with Gasteiger partial charge in [0.2, 0.25) is 0 Å². The molecule has 1 N–H and O–H groups in total. The average molecular weight is 348 g/mol. The van der Waals surface area contributed by atoms with E-state index >= 15 is 0 Å². The van der Waals surface area contributed by atoms with Crippen molar-refractivity contribution < 1.29 is 9.59 Å². The van der Waals surface area contributed by atoms with Crippen molar-refractivity contribution in [3.05, 3.63) is 29.8 Å². The molecule has 1 aliphatic rings. The van der Waals surface area contributed by atoms with E-state index in [1.54, 1.807) is 30.4 Å². The van der Waals surface area contributed by atoms with E-state index in [2.05, 4.69) is 15.3 Å². The predicted octanol–water partition coefficient (Wildman–Crippen LogP) is 2.11. The third-order valence-electron chi connectivity index (χ3n) is 3.62. The number of hydrogen-bond donors (Lipinski definition) is 1. The van der Waals surface area contributed by atoms with Crippen LogP contribution in [0.5, 0.6) is 0 Å². The van der Waals surface area contributed by atoms with Crippen LogP contribution in [0.3, 0.4) is 0 Å². The number of thioether (sulfide) groups is 1. The van der Waals surface area contributed by atoms with E-state index in [4.69, 9.17) is 0 Å². The lowest BCUT2D eigenvalue weighted by Crippen LogP contribution is -2.43. The van der Waals surface area contributed by atoms with Gasteiger partial charge in [0.05, 0.1) is 5.69 Å². The Morgan fingerprint density at radius 3 is 2.91 bits per heavy atom. The summed E-state index contributed by atoms with van der Waals surface area (Å²) in [5.41, 5.74) is 1.41. The molecule has 1 fully saturated rings. The van der Waals surface area contributed by atoms with Gasteiger partial charge in [-0.1, -0.05) is 6.07 Å². The second kappa shape index (κ2) is 7.10. The molecule has 3 heterocycles. The molecular formula is C15H16N4O2S2. The molecule has 2 amide bonds. The lowest BCUT2D eigenvalue weighted by atomic mass is 10.2. The number of thiazole rings is 1. The number of pyridine rings is 1.